The molecule has 7 heteroatoms. The molecular weight excluding hydrogens is 330 g/mol. The lowest BCUT2D eigenvalue weighted by molar-refractivity contribution is 0.0693. The van der Waals surface area contributed by atoms with Crippen LogP contribution in [0.1, 0.15) is 34.5 Å². The summed E-state index contributed by atoms with van der Waals surface area (Å²) in [4.78, 5) is 11.1. The van der Waals surface area contributed by atoms with Gasteiger partial charge in [0, 0.05) is 6.04 Å². The number of carboxylic acid groups (broad SMARTS) is 1. The maximum Gasteiger partial charge on any atom is 0.339 e. The van der Waals surface area contributed by atoms with Crippen molar-refractivity contribution in [2.75, 3.05) is 7.11 Å². The third-order valence-electron chi connectivity index (χ3n) is 3.70. The number of ether oxygens (including phenoxy) is 1. The van der Waals surface area contributed by atoms with Crippen molar-refractivity contribution in [2.24, 2.45) is 0 Å². The minimum atomic E-state index is -3.87. The molecule has 0 aliphatic heterocycles. The highest BCUT2D eigenvalue weighted by Crippen LogP contribution is 2.24. The third-order valence-corrected chi connectivity index (χ3v) is 5.24. The Balaban J connectivity index is 2.36. The Morgan fingerprint density at radius 2 is 1.88 bits per heavy atom. The second kappa shape index (κ2) is 7.02. The van der Waals surface area contributed by atoms with Crippen LogP contribution in [0.3, 0.4) is 0 Å². The predicted octanol–water partition coefficient (Wildman–Crippen LogP) is 2.74. The second-order valence-corrected chi connectivity index (χ2v) is 7.08. The van der Waals surface area contributed by atoms with Gasteiger partial charge in [-0.15, -0.1) is 0 Å². The van der Waals surface area contributed by atoms with E-state index in [1.54, 1.807) is 6.92 Å². The zero-order chi connectivity index (χ0) is 17.9. The summed E-state index contributed by atoms with van der Waals surface area (Å²) < 4.78 is 32.6. The molecule has 0 saturated heterocycles. The predicted molar refractivity (Wildman–Crippen MR) is 89.9 cm³/mol. The van der Waals surface area contributed by atoms with Gasteiger partial charge in [-0.2, -0.15) is 0 Å². The smallest absolute Gasteiger partial charge is 0.339 e. The van der Waals surface area contributed by atoms with Crippen LogP contribution in [-0.4, -0.2) is 26.6 Å². The third kappa shape index (κ3) is 3.74. The fourth-order valence-electron chi connectivity index (χ4n) is 2.46. The molecule has 2 aromatic rings. The molecule has 0 unspecified atom stereocenters. The molecule has 0 radical (unpaired) electrons. The van der Waals surface area contributed by atoms with E-state index in [2.05, 4.69) is 4.72 Å². The molecule has 6 nitrogen and oxygen atoms in total. The van der Waals surface area contributed by atoms with E-state index in [0.717, 1.165) is 17.2 Å². The zero-order valence-corrected chi connectivity index (χ0v) is 14.4. The number of carbonyl (C=O) groups is 1. The molecule has 24 heavy (non-hydrogen) atoms. The number of aromatic carboxylic acids is 1. The first-order chi connectivity index (χ1) is 11.3. The van der Waals surface area contributed by atoms with Gasteiger partial charge in [-0.05, 0) is 43.2 Å². The molecule has 0 aliphatic carbocycles. The van der Waals surface area contributed by atoms with E-state index in [1.807, 2.05) is 31.2 Å². The monoisotopic (exact) mass is 349 g/mol. The normalized spacial score (nSPS) is 12.6. The van der Waals surface area contributed by atoms with E-state index in [1.165, 1.54) is 19.2 Å². The number of sulfonamides is 1. The lowest BCUT2D eigenvalue weighted by Crippen LogP contribution is -2.27. The number of nitrogens with one attached hydrogen (secondary N) is 1. The van der Waals surface area contributed by atoms with Crippen molar-refractivity contribution in [2.45, 2.75) is 24.8 Å². The van der Waals surface area contributed by atoms with Crippen molar-refractivity contribution < 1.29 is 23.1 Å². The molecule has 0 aromatic heterocycles. The van der Waals surface area contributed by atoms with Crippen molar-refractivity contribution in [3.05, 3.63) is 59.2 Å². The first-order valence-electron chi connectivity index (χ1n) is 7.25. The summed E-state index contributed by atoms with van der Waals surface area (Å²) in [5, 5.41) is 9.19. The lowest BCUT2D eigenvalue weighted by atomic mass is 10.0. The van der Waals surface area contributed by atoms with Gasteiger partial charge in [-0.1, -0.05) is 24.3 Å². The summed E-state index contributed by atoms with van der Waals surface area (Å²) in [5.74, 6) is -1.15. The Morgan fingerprint density at radius 1 is 1.21 bits per heavy atom. The number of carboxylic acids is 1. The Labute approximate surface area is 141 Å². The Kier molecular flexibility index (Phi) is 5.26. The summed E-state index contributed by atoms with van der Waals surface area (Å²) in [6.07, 6.45) is 0. The Morgan fingerprint density at radius 3 is 2.46 bits per heavy atom. The van der Waals surface area contributed by atoms with Gasteiger partial charge >= 0.3 is 5.97 Å². The molecule has 1 atom stereocenters. The SMILES string of the molecule is COc1ccc(S(=O)(=O)N[C@H](C)c2ccccc2C)cc1C(=O)O. The van der Waals surface area contributed by atoms with Crippen molar-refractivity contribution >= 4 is 16.0 Å². The van der Waals surface area contributed by atoms with Crippen LogP contribution in [0.15, 0.2) is 47.4 Å². The highest BCUT2D eigenvalue weighted by Gasteiger charge is 2.22. The fourth-order valence-corrected chi connectivity index (χ4v) is 3.71. The molecule has 0 spiro atoms. The van der Waals surface area contributed by atoms with Crippen molar-refractivity contribution in [3.63, 3.8) is 0 Å². The minimum absolute atomic E-state index is 0.105. The van der Waals surface area contributed by atoms with Gasteiger partial charge < -0.3 is 9.84 Å². The average molecular weight is 349 g/mol. The van der Waals surface area contributed by atoms with Crippen LogP contribution >= 0.6 is 0 Å². The maximum atomic E-state index is 12.6. The molecule has 2 aromatic carbocycles. The number of hydrogen-bond acceptors (Lipinski definition) is 4. The topological polar surface area (TPSA) is 92.7 Å². The first-order valence-corrected chi connectivity index (χ1v) is 8.73. The van der Waals surface area contributed by atoms with Crippen molar-refractivity contribution in [1.29, 1.82) is 0 Å². The van der Waals surface area contributed by atoms with Crippen LogP contribution in [0.25, 0.3) is 0 Å². The lowest BCUT2D eigenvalue weighted by Gasteiger charge is -2.17. The molecule has 0 heterocycles. The number of aryl methyl sites for hydroxylation is 1. The molecule has 0 aliphatic rings. The van der Waals surface area contributed by atoms with E-state index in [0.29, 0.717) is 0 Å². The van der Waals surface area contributed by atoms with Gasteiger partial charge in [0.2, 0.25) is 10.0 Å². The van der Waals surface area contributed by atoms with Crippen LogP contribution < -0.4 is 9.46 Å². The van der Waals surface area contributed by atoms with E-state index in [4.69, 9.17) is 4.74 Å². The van der Waals surface area contributed by atoms with Crippen molar-refractivity contribution in [1.82, 2.24) is 4.72 Å². The second-order valence-electron chi connectivity index (χ2n) is 5.37. The van der Waals surface area contributed by atoms with Gasteiger partial charge in [-0.25, -0.2) is 17.9 Å². The summed E-state index contributed by atoms with van der Waals surface area (Å²) >= 11 is 0. The van der Waals surface area contributed by atoms with Crippen LogP contribution in [0, 0.1) is 6.92 Å². The van der Waals surface area contributed by atoms with Gasteiger partial charge in [0.1, 0.15) is 11.3 Å². The molecule has 0 bridgehead atoms. The van der Waals surface area contributed by atoms with Gasteiger partial charge in [0.25, 0.3) is 0 Å². The quantitative estimate of drug-likeness (QED) is 0.836. The van der Waals surface area contributed by atoms with E-state index in [-0.39, 0.29) is 16.2 Å². The molecule has 0 amide bonds. The first kappa shape index (κ1) is 18.0. The Bertz CT molecular complexity index is 861. The highest BCUT2D eigenvalue weighted by molar-refractivity contribution is 7.89. The molecule has 2 rings (SSSR count). The molecular formula is C17H19NO5S. The average Bonchev–Trinajstić information content (AvgIpc) is 2.54. The number of methoxy groups -OCH3 is 1. The van der Waals surface area contributed by atoms with Gasteiger partial charge in [0.15, 0.2) is 0 Å². The van der Waals surface area contributed by atoms with Crippen LogP contribution in [0.2, 0.25) is 0 Å². The van der Waals surface area contributed by atoms with Crippen LogP contribution in [-0.2, 0) is 10.0 Å². The minimum Gasteiger partial charge on any atom is -0.496 e. The van der Waals surface area contributed by atoms with Crippen LogP contribution in [0.4, 0.5) is 0 Å². The summed E-state index contributed by atoms with van der Waals surface area (Å²) in [5.41, 5.74) is 1.62. The molecule has 2 N–H and O–H groups in total. The Hall–Kier alpha value is -2.38. The van der Waals surface area contributed by atoms with Gasteiger partial charge in [0.05, 0.1) is 12.0 Å². The highest BCUT2D eigenvalue weighted by atomic mass is 32.2. The summed E-state index contributed by atoms with van der Waals surface area (Å²) in [6.45, 7) is 3.64. The summed E-state index contributed by atoms with van der Waals surface area (Å²) in [6, 6.07) is 10.7. The number of rotatable bonds is 6. The number of benzene rings is 2. The maximum absolute atomic E-state index is 12.6. The fraction of sp³-hybridized carbons (Fsp3) is 0.235. The largest absolute Gasteiger partial charge is 0.496 e. The molecule has 128 valence electrons. The summed E-state index contributed by atoms with van der Waals surface area (Å²) in [7, 11) is -2.55. The van der Waals surface area contributed by atoms with Gasteiger partial charge in [-0.3, -0.25) is 0 Å². The standard InChI is InChI=1S/C17H19NO5S/c1-11-6-4-5-7-14(11)12(2)18-24(21,22)13-8-9-16(23-3)15(10-13)17(19)20/h4-10,12,18H,1-3H3,(H,19,20)/t12-/m1/s1. The molecule has 0 fully saturated rings. The van der Waals surface area contributed by atoms with E-state index < -0.39 is 22.0 Å². The van der Waals surface area contributed by atoms with Crippen molar-refractivity contribution in [3.8, 4) is 5.75 Å². The van der Waals surface area contributed by atoms with E-state index >= 15 is 0 Å². The molecule has 0 saturated carbocycles. The zero-order valence-electron chi connectivity index (χ0n) is 13.6. The van der Waals surface area contributed by atoms with Crippen LogP contribution in [0.5, 0.6) is 5.75 Å². The van der Waals surface area contributed by atoms with E-state index in [9.17, 15) is 18.3 Å². The number of hydrogen-bond donors (Lipinski definition) is 2.